The first-order valence-electron chi connectivity index (χ1n) is 6.25. The van der Waals surface area contributed by atoms with Crippen LogP contribution in [0.1, 0.15) is 27.4 Å². The molecular weight excluding hydrogens is 284 g/mol. The predicted molar refractivity (Wildman–Crippen MR) is 79.3 cm³/mol. The van der Waals surface area contributed by atoms with Crippen LogP contribution in [0.25, 0.3) is 0 Å². The lowest BCUT2D eigenvalue weighted by Crippen LogP contribution is -2.46. The van der Waals surface area contributed by atoms with Gasteiger partial charge in [0.1, 0.15) is 0 Å². The monoisotopic (exact) mass is 302 g/mol. The van der Waals surface area contributed by atoms with Crippen LogP contribution < -0.4 is 5.32 Å². The molecule has 0 atom stereocenters. The summed E-state index contributed by atoms with van der Waals surface area (Å²) < 4.78 is 0. The van der Waals surface area contributed by atoms with Gasteiger partial charge in [-0.05, 0) is 19.1 Å². The van der Waals surface area contributed by atoms with Crippen molar-refractivity contribution in [3.63, 3.8) is 0 Å². The summed E-state index contributed by atoms with van der Waals surface area (Å²) in [6.45, 7) is 5.19. The second kappa shape index (κ2) is 7.62. The van der Waals surface area contributed by atoms with E-state index in [1.165, 1.54) is 11.3 Å². The molecule has 1 aromatic rings. The highest BCUT2D eigenvalue weighted by molar-refractivity contribution is 7.14. The van der Waals surface area contributed by atoms with E-state index in [2.05, 4.69) is 5.32 Å². The van der Waals surface area contributed by atoms with Crippen LogP contribution in [0.3, 0.4) is 0 Å². The van der Waals surface area contributed by atoms with Gasteiger partial charge in [-0.25, -0.2) is 0 Å². The molecule has 6 heteroatoms. The van der Waals surface area contributed by atoms with E-state index in [9.17, 15) is 9.59 Å². The summed E-state index contributed by atoms with van der Waals surface area (Å²) in [4.78, 5) is 27.5. The van der Waals surface area contributed by atoms with E-state index >= 15 is 0 Å². The van der Waals surface area contributed by atoms with Gasteiger partial charge in [0.05, 0.1) is 4.88 Å². The van der Waals surface area contributed by atoms with E-state index in [-0.39, 0.29) is 24.1 Å². The van der Waals surface area contributed by atoms with E-state index in [4.69, 9.17) is 0 Å². The van der Waals surface area contributed by atoms with Crippen molar-refractivity contribution in [1.29, 1.82) is 0 Å². The van der Waals surface area contributed by atoms with Crippen LogP contribution in [0.4, 0.5) is 0 Å². The number of hydrogen-bond donors (Lipinski definition) is 1. The molecule has 1 saturated heterocycles. The Hall–Kier alpha value is -0.910. The van der Waals surface area contributed by atoms with Crippen molar-refractivity contribution < 1.29 is 9.59 Å². The van der Waals surface area contributed by atoms with Crippen LogP contribution in [-0.2, 0) is 4.79 Å². The highest BCUT2D eigenvalue weighted by atomic mass is 35.5. The van der Waals surface area contributed by atoms with Gasteiger partial charge in [0.2, 0.25) is 5.91 Å². The maximum Gasteiger partial charge on any atom is 0.223 e. The Labute approximate surface area is 123 Å². The molecule has 1 fully saturated rings. The highest BCUT2D eigenvalue weighted by Gasteiger charge is 2.17. The van der Waals surface area contributed by atoms with Gasteiger partial charge in [-0.3, -0.25) is 9.59 Å². The average Bonchev–Trinajstić information content (AvgIpc) is 2.83. The number of piperazine rings is 1. The molecule has 19 heavy (non-hydrogen) atoms. The van der Waals surface area contributed by atoms with Crippen LogP contribution in [0, 0.1) is 6.92 Å². The lowest BCUT2D eigenvalue weighted by atomic mass is 10.1. The fraction of sp³-hybridized carbons (Fsp3) is 0.538. The molecule has 0 unspecified atom stereocenters. The van der Waals surface area contributed by atoms with Gasteiger partial charge >= 0.3 is 0 Å². The molecule has 2 rings (SSSR count). The minimum Gasteiger partial charge on any atom is -0.340 e. The molecule has 4 nitrogen and oxygen atoms in total. The highest BCUT2D eigenvalue weighted by Crippen LogP contribution is 2.17. The summed E-state index contributed by atoms with van der Waals surface area (Å²) in [5.41, 5.74) is 0. The summed E-state index contributed by atoms with van der Waals surface area (Å²) >= 11 is 1.50. The van der Waals surface area contributed by atoms with Gasteiger partial charge in [0.15, 0.2) is 5.78 Å². The summed E-state index contributed by atoms with van der Waals surface area (Å²) in [5.74, 6) is 0.176. The van der Waals surface area contributed by atoms with E-state index in [1.54, 1.807) is 0 Å². The minimum absolute atomic E-state index is 0. The number of carbonyl (C=O) groups excluding carboxylic acids is 2. The Bertz CT molecular complexity index is 442. The molecule has 1 aliphatic rings. The molecule has 0 radical (unpaired) electrons. The third kappa shape index (κ3) is 4.60. The lowest BCUT2D eigenvalue weighted by Gasteiger charge is -2.27. The zero-order valence-corrected chi connectivity index (χ0v) is 12.6. The Morgan fingerprint density at radius 3 is 2.53 bits per heavy atom. The zero-order chi connectivity index (χ0) is 13.0. The van der Waals surface area contributed by atoms with Crippen molar-refractivity contribution in [1.82, 2.24) is 10.2 Å². The molecule has 0 bridgehead atoms. The number of nitrogens with zero attached hydrogens (tertiary/aromatic N) is 1. The van der Waals surface area contributed by atoms with E-state index in [0.717, 1.165) is 35.9 Å². The Morgan fingerprint density at radius 2 is 1.95 bits per heavy atom. The molecule has 106 valence electrons. The number of carbonyl (C=O) groups is 2. The van der Waals surface area contributed by atoms with Crippen molar-refractivity contribution in [2.45, 2.75) is 19.8 Å². The van der Waals surface area contributed by atoms with Gasteiger partial charge in [-0.1, -0.05) is 0 Å². The molecule has 1 amide bonds. The standard InChI is InChI=1S/C13H18N2O2S.ClH/c1-10-2-4-12(18-10)11(16)3-5-13(17)15-8-6-14-7-9-15;/h2,4,14H,3,5-9H2,1H3;1H. The topological polar surface area (TPSA) is 49.4 Å². The molecule has 0 spiro atoms. The largest absolute Gasteiger partial charge is 0.340 e. The lowest BCUT2D eigenvalue weighted by molar-refractivity contribution is -0.131. The quantitative estimate of drug-likeness (QED) is 0.864. The van der Waals surface area contributed by atoms with Gasteiger partial charge in [0.25, 0.3) is 0 Å². The fourth-order valence-electron chi connectivity index (χ4n) is 2.00. The number of nitrogens with one attached hydrogen (secondary N) is 1. The van der Waals surface area contributed by atoms with Gasteiger partial charge in [0, 0.05) is 43.9 Å². The van der Waals surface area contributed by atoms with Crippen molar-refractivity contribution in [3.8, 4) is 0 Å². The average molecular weight is 303 g/mol. The molecule has 1 aromatic heterocycles. The van der Waals surface area contributed by atoms with Crippen molar-refractivity contribution in [2.75, 3.05) is 26.2 Å². The minimum atomic E-state index is 0. The predicted octanol–water partition coefficient (Wildman–Crippen LogP) is 1.87. The Kier molecular flexibility index (Phi) is 6.48. The maximum atomic E-state index is 11.9. The molecule has 1 N–H and O–H groups in total. The van der Waals surface area contributed by atoms with E-state index < -0.39 is 0 Å². The normalized spacial score (nSPS) is 14.9. The van der Waals surface area contributed by atoms with Crippen LogP contribution in [0.15, 0.2) is 12.1 Å². The van der Waals surface area contributed by atoms with Crippen LogP contribution >= 0.6 is 23.7 Å². The molecule has 1 aliphatic heterocycles. The van der Waals surface area contributed by atoms with E-state index in [0.29, 0.717) is 12.8 Å². The molecule has 2 heterocycles. The number of Topliss-reactive ketones (excluding diaryl/α,β-unsaturated/α-hetero) is 1. The van der Waals surface area contributed by atoms with E-state index in [1.807, 2.05) is 24.0 Å². The third-order valence-corrected chi connectivity index (χ3v) is 4.09. The van der Waals surface area contributed by atoms with Gasteiger partial charge in [-0.2, -0.15) is 0 Å². The van der Waals surface area contributed by atoms with Crippen LogP contribution in [0.5, 0.6) is 0 Å². The Morgan fingerprint density at radius 1 is 1.26 bits per heavy atom. The fourth-order valence-corrected chi connectivity index (χ4v) is 2.84. The van der Waals surface area contributed by atoms with Gasteiger partial charge < -0.3 is 10.2 Å². The molecule has 0 aliphatic carbocycles. The number of amides is 1. The summed E-state index contributed by atoms with van der Waals surface area (Å²) in [6, 6.07) is 3.79. The number of aryl methyl sites for hydroxylation is 1. The number of rotatable bonds is 4. The number of hydrogen-bond acceptors (Lipinski definition) is 4. The smallest absolute Gasteiger partial charge is 0.223 e. The SMILES string of the molecule is Cc1ccc(C(=O)CCC(=O)N2CCNCC2)s1.Cl. The summed E-state index contributed by atoms with van der Waals surface area (Å²) in [7, 11) is 0. The summed E-state index contributed by atoms with van der Waals surface area (Å²) in [6.07, 6.45) is 0.651. The second-order valence-corrected chi connectivity index (χ2v) is 5.75. The first-order chi connectivity index (χ1) is 8.66. The number of ketones is 1. The molecule has 0 aromatic carbocycles. The van der Waals surface area contributed by atoms with Crippen molar-refractivity contribution >= 4 is 35.4 Å². The first-order valence-corrected chi connectivity index (χ1v) is 7.06. The van der Waals surface area contributed by atoms with Crippen LogP contribution in [0.2, 0.25) is 0 Å². The maximum absolute atomic E-state index is 11.9. The van der Waals surface area contributed by atoms with Crippen molar-refractivity contribution in [2.24, 2.45) is 0 Å². The number of halogens is 1. The van der Waals surface area contributed by atoms with Crippen molar-refractivity contribution in [3.05, 3.63) is 21.9 Å². The summed E-state index contributed by atoms with van der Waals surface area (Å²) in [5, 5.41) is 3.20. The third-order valence-electron chi connectivity index (χ3n) is 3.05. The Balaban J connectivity index is 0.00000180. The van der Waals surface area contributed by atoms with Gasteiger partial charge in [-0.15, -0.1) is 23.7 Å². The number of thiophene rings is 1. The first kappa shape index (κ1) is 16.1. The molecular formula is C13H19ClN2O2S. The molecule has 0 saturated carbocycles. The van der Waals surface area contributed by atoms with Crippen LogP contribution in [-0.4, -0.2) is 42.8 Å². The zero-order valence-electron chi connectivity index (χ0n) is 11.0. The second-order valence-electron chi connectivity index (χ2n) is 4.46.